The smallest absolute Gasteiger partial charge is 0.255 e. The molecule has 2 N–H and O–H groups in total. The highest BCUT2D eigenvalue weighted by atomic mass is 35.5. The summed E-state index contributed by atoms with van der Waals surface area (Å²) in [5, 5.41) is 10.7. The van der Waals surface area contributed by atoms with Crippen LogP contribution in [0.3, 0.4) is 0 Å². The Morgan fingerprint density at radius 1 is 1.38 bits per heavy atom. The van der Waals surface area contributed by atoms with Crippen molar-refractivity contribution in [3.05, 3.63) is 46.4 Å². The van der Waals surface area contributed by atoms with Crippen LogP contribution >= 0.6 is 11.6 Å². The molecule has 0 radical (unpaired) electrons. The Labute approximate surface area is 126 Å². The van der Waals surface area contributed by atoms with E-state index in [-0.39, 0.29) is 5.91 Å². The summed E-state index contributed by atoms with van der Waals surface area (Å²) in [5.41, 5.74) is 1.96. The van der Waals surface area contributed by atoms with E-state index in [1.165, 1.54) is 0 Å². The van der Waals surface area contributed by atoms with Gasteiger partial charge in [0.15, 0.2) is 0 Å². The number of hydrogen-bond acceptors (Lipinski definition) is 4. The van der Waals surface area contributed by atoms with Crippen molar-refractivity contribution in [1.29, 1.82) is 0 Å². The first-order chi connectivity index (χ1) is 10.0. The number of aryl methyl sites for hydroxylation is 1. The summed E-state index contributed by atoms with van der Waals surface area (Å²) < 4.78 is 1.67. The van der Waals surface area contributed by atoms with Crippen LogP contribution in [-0.2, 0) is 11.3 Å². The largest absolute Gasteiger partial charge is 0.328 e. The first-order valence-corrected chi connectivity index (χ1v) is 6.86. The molecule has 0 aliphatic carbocycles. The lowest BCUT2D eigenvalue weighted by Crippen LogP contribution is -2.26. The molecule has 0 spiro atoms. The van der Waals surface area contributed by atoms with E-state index in [0.717, 1.165) is 5.70 Å². The number of halogens is 1. The number of nitrogens with one attached hydrogen (secondary N) is 2. The van der Waals surface area contributed by atoms with Gasteiger partial charge in [0.25, 0.3) is 5.91 Å². The van der Waals surface area contributed by atoms with Gasteiger partial charge in [-0.3, -0.25) is 4.79 Å². The van der Waals surface area contributed by atoms with Gasteiger partial charge in [-0.25, -0.2) is 4.68 Å². The molecule has 2 aromatic rings. The predicted octanol–water partition coefficient (Wildman–Crippen LogP) is 2.58. The van der Waals surface area contributed by atoms with E-state index in [0.29, 0.717) is 34.6 Å². The van der Waals surface area contributed by atoms with Crippen LogP contribution in [0.1, 0.15) is 12.7 Å². The molecule has 0 saturated heterocycles. The van der Waals surface area contributed by atoms with Gasteiger partial charge in [-0.1, -0.05) is 23.7 Å². The number of para-hydroxylation sites is 1. The van der Waals surface area contributed by atoms with Crippen LogP contribution in [0.25, 0.3) is 0 Å². The molecule has 0 atom stereocenters. The van der Waals surface area contributed by atoms with Crippen LogP contribution in [0.15, 0.2) is 35.5 Å². The van der Waals surface area contributed by atoms with Gasteiger partial charge >= 0.3 is 0 Å². The van der Waals surface area contributed by atoms with Crippen molar-refractivity contribution in [3.63, 3.8) is 0 Å². The molecular formula is C14H14ClN5O. The number of amides is 1. The van der Waals surface area contributed by atoms with Gasteiger partial charge in [0.2, 0.25) is 5.95 Å². The van der Waals surface area contributed by atoms with Crippen molar-refractivity contribution in [2.24, 2.45) is 0 Å². The number of aromatic nitrogens is 3. The third kappa shape index (κ3) is 2.62. The molecule has 21 heavy (non-hydrogen) atoms. The third-order valence-electron chi connectivity index (χ3n) is 3.23. The molecule has 1 aliphatic heterocycles. The molecule has 1 aromatic heterocycles. The monoisotopic (exact) mass is 303 g/mol. The fraction of sp³-hybridized carbons (Fsp3) is 0.214. The molecule has 1 aliphatic rings. The Morgan fingerprint density at radius 3 is 2.90 bits per heavy atom. The second-order valence-corrected chi connectivity index (χ2v) is 5.21. The number of nitrogens with zero attached hydrogens (tertiary/aromatic N) is 3. The number of benzene rings is 1. The molecular weight excluding hydrogens is 290 g/mol. The van der Waals surface area contributed by atoms with Crippen LogP contribution < -0.4 is 10.6 Å². The van der Waals surface area contributed by atoms with Crippen LogP contribution in [-0.4, -0.2) is 20.7 Å². The van der Waals surface area contributed by atoms with Gasteiger partial charge in [-0.2, -0.15) is 10.1 Å². The minimum Gasteiger partial charge on any atom is -0.328 e. The van der Waals surface area contributed by atoms with E-state index >= 15 is 0 Å². The SMILES string of the molecule is CC1=C(C(=O)Nc2ccccc2Cl)Cn2nc(C)nc2N1. The first-order valence-electron chi connectivity index (χ1n) is 6.48. The van der Waals surface area contributed by atoms with E-state index in [9.17, 15) is 4.79 Å². The van der Waals surface area contributed by atoms with Crippen LogP contribution in [0, 0.1) is 6.92 Å². The van der Waals surface area contributed by atoms with Crippen LogP contribution in [0.5, 0.6) is 0 Å². The van der Waals surface area contributed by atoms with Crippen molar-refractivity contribution in [2.75, 3.05) is 10.6 Å². The molecule has 7 heteroatoms. The van der Waals surface area contributed by atoms with Gasteiger partial charge in [0, 0.05) is 5.70 Å². The van der Waals surface area contributed by atoms with E-state index in [4.69, 9.17) is 11.6 Å². The lowest BCUT2D eigenvalue weighted by molar-refractivity contribution is -0.113. The number of allylic oxidation sites excluding steroid dienone is 1. The van der Waals surface area contributed by atoms with Gasteiger partial charge in [-0.15, -0.1) is 0 Å². The van der Waals surface area contributed by atoms with Crippen LogP contribution in [0.4, 0.5) is 11.6 Å². The minimum absolute atomic E-state index is 0.202. The number of rotatable bonds is 2. The zero-order valence-electron chi connectivity index (χ0n) is 11.6. The standard InChI is InChI=1S/C14H14ClN5O/c1-8-10(7-20-14(16-8)17-9(2)19-20)13(21)18-12-6-4-3-5-11(12)15/h3-6H,7H2,1-2H3,(H,18,21)(H,16,17,19). The summed E-state index contributed by atoms with van der Waals surface area (Å²) in [6.07, 6.45) is 0. The fourth-order valence-corrected chi connectivity index (χ4v) is 2.36. The molecule has 2 heterocycles. The summed E-state index contributed by atoms with van der Waals surface area (Å²) in [5.74, 6) is 1.12. The van der Waals surface area contributed by atoms with Gasteiger partial charge in [0.05, 0.1) is 22.8 Å². The molecule has 0 bridgehead atoms. The summed E-state index contributed by atoms with van der Waals surface area (Å²) in [6.45, 7) is 4.03. The Hall–Kier alpha value is -2.34. The van der Waals surface area contributed by atoms with E-state index in [1.54, 1.807) is 16.8 Å². The summed E-state index contributed by atoms with van der Waals surface area (Å²) >= 11 is 6.05. The average molecular weight is 304 g/mol. The summed E-state index contributed by atoms with van der Waals surface area (Å²) in [7, 11) is 0. The van der Waals surface area contributed by atoms with Gasteiger partial charge in [-0.05, 0) is 26.0 Å². The molecule has 6 nitrogen and oxygen atoms in total. The van der Waals surface area contributed by atoms with Crippen molar-refractivity contribution < 1.29 is 4.79 Å². The normalized spacial score (nSPS) is 13.7. The maximum Gasteiger partial charge on any atom is 0.255 e. The fourth-order valence-electron chi connectivity index (χ4n) is 2.17. The van der Waals surface area contributed by atoms with E-state index < -0.39 is 0 Å². The molecule has 0 saturated carbocycles. The predicted molar refractivity (Wildman–Crippen MR) is 81.2 cm³/mol. The Balaban J connectivity index is 1.83. The molecule has 0 unspecified atom stereocenters. The molecule has 1 amide bonds. The van der Waals surface area contributed by atoms with Gasteiger partial charge < -0.3 is 10.6 Å². The molecule has 3 rings (SSSR count). The molecule has 108 valence electrons. The van der Waals surface area contributed by atoms with Gasteiger partial charge in [0.1, 0.15) is 5.82 Å². The van der Waals surface area contributed by atoms with Crippen molar-refractivity contribution in [2.45, 2.75) is 20.4 Å². The summed E-state index contributed by atoms with van der Waals surface area (Å²) in [4.78, 5) is 16.7. The second kappa shape index (κ2) is 5.21. The lowest BCUT2D eigenvalue weighted by Gasteiger charge is -2.19. The van der Waals surface area contributed by atoms with E-state index in [2.05, 4.69) is 20.7 Å². The third-order valence-corrected chi connectivity index (χ3v) is 3.56. The highest BCUT2D eigenvalue weighted by Gasteiger charge is 2.22. The molecule has 1 aromatic carbocycles. The Morgan fingerprint density at radius 2 is 2.14 bits per heavy atom. The number of hydrogen-bond donors (Lipinski definition) is 2. The Bertz CT molecular complexity index is 750. The van der Waals surface area contributed by atoms with Crippen molar-refractivity contribution in [3.8, 4) is 0 Å². The lowest BCUT2D eigenvalue weighted by atomic mass is 10.1. The zero-order chi connectivity index (χ0) is 15.0. The first kappa shape index (κ1) is 13.6. The maximum atomic E-state index is 12.4. The quantitative estimate of drug-likeness (QED) is 0.894. The topological polar surface area (TPSA) is 71.8 Å². The highest BCUT2D eigenvalue weighted by Crippen LogP contribution is 2.24. The minimum atomic E-state index is -0.202. The molecule has 0 fully saturated rings. The van der Waals surface area contributed by atoms with Crippen molar-refractivity contribution >= 4 is 29.1 Å². The second-order valence-electron chi connectivity index (χ2n) is 4.80. The maximum absolute atomic E-state index is 12.4. The zero-order valence-corrected chi connectivity index (χ0v) is 12.4. The number of anilines is 2. The number of carbonyl (C=O) groups excluding carboxylic acids is 1. The highest BCUT2D eigenvalue weighted by molar-refractivity contribution is 6.33. The van der Waals surface area contributed by atoms with Crippen LogP contribution in [0.2, 0.25) is 5.02 Å². The Kier molecular flexibility index (Phi) is 3.39. The van der Waals surface area contributed by atoms with E-state index in [1.807, 2.05) is 26.0 Å². The number of fused-ring (bicyclic) bond motifs is 1. The average Bonchev–Trinajstić information content (AvgIpc) is 2.79. The summed E-state index contributed by atoms with van der Waals surface area (Å²) in [6, 6.07) is 7.13. The van der Waals surface area contributed by atoms with Crippen molar-refractivity contribution in [1.82, 2.24) is 14.8 Å². The number of carbonyl (C=O) groups is 1.